The van der Waals surface area contributed by atoms with Crippen molar-refractivity contribution in [2.75, 3.05) is 11.4 Å². The van der Waals surface area contributed by atoms with Gasteiger partial charge in [0.1, 0.15) is 5.76 Å². The van der Waals surface area contributed by atoms with E-state index in [0.29, 0.717) is 23.6 Å². The molecule has 2 aromatic heterocycles. The third kappa shape index (κ3) is 3.74. The number of hydrogen-bond acceptors (Lipinski definition) is 5. The average Bonchev–Trinajstić information content (AvgIpc) is 3.36. The quantitative estimate of drug-likeness (QED) is 0.514. The van der Waals surface area contributed by atoms with Crippen molar-refractivity contribution in [2.24, 2.45) is 0 Å². The summed E-state index contributed by atoms with van der Waals surface area (Å²) in [7, 11) is 0. The predicted octanol–water partition coefficient (Wildman–Crippen LogP) is 4.03. The minimum absolute atomic E-state index is 0.180. The van der Waals surface area contributed by atoms with Gasteiger partial charge in [0.05, 0.1) is 29.6 Å². The second-order valence-corrected chi connectivity index (χ2v) is 7.57. The number of urea groups is 1. The van der Waals surface area contributed by atoms with Crippen molar-refractivity contribution in [3.8, 4) is 0 Å². The number of carbonyl (C=O) groups is 2. The zero-order valence-electron chi connectivity index (χ0n) is 17.4. The van der Waals surface area contributed by atoms with Crippen LogP contribution in [0, 0.1) is 0 Å². The summed E-state index contributed by atoms with van der Waals surface area (Å²) in [5.41, 5.74) is 3.50. The highest BCUT2D eigenvalue weighted by atomic mass is 16.3. The van der Waals surface area contributed by atoms with E-state index in [1.807, 2.05) is 30.3 Å². The van der Waals surface area contributed by atoms with E-state index in [-0.39, 0.29) is 12.5 Å². The topological polar surface area (TPSA) is 87.5 Å². The summed E-state index contributed by atoms with van der Waals surface area (Å²) in [5.74, 6) is 0.224. The number of pyridine rings is 1. The lowest BCUT2D eigenvalue weighted by Crippen LogP contribution is -2.44. The van der Waals surface area contributed by atoms with Gasteiger partial charge in [0, 0.05) is 36.2 Å². The van der Waals surface area contributed by atoms with E-state index in [2.05, 4.69) is 10.6 Å². The van der Waals surface area contributed by atoms with E-state index in [1.54, 1.807) is 42.7 Å². The van der Waals surface area contributed by atoms with Gasteiger partial charge in [0.25, 0.3) is 5.91 Å². The van der Waals surface area contributed by atoms with Gasteiger partial charge in [-0.05, 0) is 30.3 Å². The van der Waals surface area contributed by atoms with Crippen molar-refractivity contribution >= 4 is 28.5 Å². The zero-order chi connectivity index (χ0) is 21.9. The van der Waals surface area contributed by atoms with Crippen molar-refractivity contribution in [2.45, 2.75) is 19.5 Å². The normalized spacial score (nSPS) is 12.9. The fourth-order valence-corrected chi connectivity index (χ4v) is 4.03. The molecule has 3 amide bonds. The Morgan fingerprint density at radius 1 is 1.03 bits per heavy atom. The highest BCUT2D eigenvalue weighted by Gasteiger charge is 2.30. The zero-order valence-corrected chi connectivity index (χ0v) is 17.4. The van der Waals surface area contributed by atoms with Crippen molar-refractivity contribution in [3.05, 3.63) is 95.6 Å². The molecule has 7 nitrogen and oxygen atoms in total. The Morgan fingerprint density at radius 3 is 2.66 bits per heavy atom. The Bertz CT molecular complexity index is 1270. The molecule has 0 fully saturated rings. The summed E-state index contributed by atoms with van der Waals surface area (Å²) < 4.78 is 5.31. The van der Waals surface area contributed by atoms with Crippen LogP contribution in [0.15, 0.2) is 77.4 Å². The minimum Gasteiger partial charge on any atom is -0.467 e. The van der Waals surface area contributed by atoms with Crippen LogP contribution in [0.25, 0.3) is 10.9 Å². The number of aromatic nitrogens is 1. The summed E-state index contributed by atoms with van der Waals surface area (Å²) in [6.07, 6.45) is 2.28. The Kier molecular flexibility index (Phi) is 5.39. The van der Waals surface area contributed by atoms with Crippen molar-refractivity contribution in [1.82, 2.24) is 15.6 Å². The van der Waals surface area contributed by atoms with Gasteiger partial charge in [-0.25, -0.2) is 9.69 Å². The summed E-state index contributed by atoms with van der Waals surface area (Å²) in [6.45, 7) is 1.52. The molecule has 0 bridgehead atoms. The molecule has 7 heteroatoms. The highest BCUT2D eigenvalue weighted by Crippen LogP contribution is 2.29. The molecule has 1 aliphatic rings. The lowest BCUT2D eigenvalue weighted by atomic mass is 9.95. The minimum atomic E-state index is -0.518. The Balaban J connectivity index is 1.60. The van der Waals surface area contributed by atoms with Crippen LogP contribution in [0.1, 0.15) is 27.4 Å². The van der Waals surface area contributed by atoms with Gasteiger partial charge in [-0.3, -0.25) is 9.78 Å². The number of hydrogen-bond donors (Lipinski definition) is 2. The van der Waals surface area contributed by atoms with Gasteiger partial charge in [0.2, 0.25) is 0 Å². The fourth-order valence-electron chi connectivity index (χ4n) is 4.03. The summed E-state index contributed by atoms with van der Waals surface area (Å²) in [6, 6.07) is 19.5. The number of imide groups is 1. The molecule has 5 rings (SSSR count). The molecule has 4 aromatic rings. The SMILES string of the molecule is O=C(NCc1ccco1)N(C(=O)c1c2c(nc3ccccc13)CCNC2)c1ccccc1. The first-order chi connectivity index (χ1) is 15.7. The van der Waals surface area contributed by atoms with Crippen molar-refractivity contribution in [1.29, 1.82) is 0 Å². The molecule has 1 aliphatic heterocycles. The number of amides is 3. The number of carbonyl (C=O) groups excluding carboxylic acids is 2. The molecular weight excluding hydrogens is 404 g/mol. The van der Waals surface area contributed by atoms with E-state index in [4.69, 9.17) is 9.40 Å². The number of furan rings is 1. The fraction of sp³-hybridized carbons (Fsp3) is 0.160. The molecular formula is C25H22N4O3. The van der Waals surface area contributed by atoms with Gasteiger partial charge in [0.15, 0.2) is 0 Å². The third-order valence-corrected chi connectivity index (χ3v) is 5.55. The van der Waals surface area contributed by atoms with Gasteiger partial charge in [-0.15, -0.1) is 0 Å². The molecule has 2 N–H and O–H groups in total. The lowest BCUT2D eigenvalue weighted by Gasteiger charge is -2.26. The van der Waals surface area contributed by atoms with Crippen LogP contribution in [-0.4, -0.2) is 23.5 Å². The highest BCUT2D eigenvalue weighted by molar-refractivity contribution is 6.24. The number of rotatable bonds is 4. The van der Waals surface area contributed by atoms with Gasteiger partial charge in [-0.2, -0.15) is 0 Å². The van der Waals surface area contributed by atoms with Gasteiger partial charge in [-0.1, -0.05) is 36.4 Å². The van der Waals surface area contributed by atoms with Crippen LogP contribution in [0.3, 0.4) is 0 Å². The lowest BCUT2D eigenvalue weighted by molar-refractivity contribution is 0.0993. The Hall–Kier alpha value is -3.97. The maximum Gasteiger partial charge on any atom is 0.329 e. The number of fused-ring (bicyclic) bond motifs is 2. The van der Waals surface area contributed by atoms with Crippen LogP contribution in [0.2, 0.25) is 0 Å². The first-order valence-electron chi connectivity index (χ1n) is 10.5. The maximum absolute atomic E-state index is 14.0. The molecule has 0 saturated heterocycles. The maximum atomic E-state index is 14.0. The molecule has 0 atom stereocenters. The average molecular weight is 426 g/mol. The predicted molar refractivity (Wildman–Crippen MR) is 121 cm³/mol. The third-order valence-electron chi connectivity index (χ3n) is 5.55. The molecule has 0 spiro atoms. The van der Waals surface area contributed by atoms with E-state index >= 15 is 0 Å². The summed E-state index contributed by atoms with van der Waals surface area (Å²) >= 11 is 0. The van der Waals surface area contributed by atoms with E-state index in [9.17, 15) is 9.59 Å². The number of nitrogens with one attached hydrogen (secondary N) is 2. The van der Waals surface area contributed by atoms with E-state index < -0.39 is 6.03 Å². The second kappa shape index (κ2) is 8.64. The molecule has 0 saturated carbocycles. The van der Waals surface area contributed by atoms with Crippen LogP contribution < -0.4 is 15.5 Å². The van der Waals surface area contributed by atoms with Crippen LogP contribution >= 0.6 is 0 Å². The van der Waals surface area contributed by atoms with Gasteiger partial charge < -0.3 is 15.1 Å². The number of para-hydroxylation sites is 2. The molecule has 32 heavy (non-hydrogen) atoms. The smallest absolute Gasteiger partial charge is 0.329 e. The van der Waals surface area contributed by atoms with Crippen molar-refractivity contribution in [3.63, 3.8) is 0 Å². The standard InChI is InChI=1S/C25H22N4O3/c30-24(23-19-10-4-5-11-21(19)28-22-12-13-26-16-20(22)23)29(17-7-2-1-3-8-17)25(31)27-15-18-9-6-14-32-18/h1-11,14,26H,12-13,15-16H2,(H,27,31). The van der Waals surface area contributed by atoms with Crippen LogP contribution in [0.5, 0.6) is 0 Å². The molecule has 160 valence electrons. The molecule has 0 radical (unpaired) electrons. The van der Waals surface area contributed by atoms with E-state index in [1.165, 1.54) is 4.90 Å². The summed E-state index contributed by atoms with van der Waals surface area (Å²) in [4.78, 5) is 33.3. The summed E-state index contributed by atoms with van der Waals surface area (Å²) in [5, 5.41) is 6.87. The Labute approximate surface area is 185 Å². The Morgan fingerprint density at radius 2 is 1.84 bits per heavy atom. The van der Waals surface area contributed by atoms with Crippen LogP contribution in [0.4, 0.5) is 10.5 Å². The van der Waals surface area contributed by atoms with Crippen LogP contribution in [-0.2, 0) is 19.5 Å². The van der Waals surface area contributed by atoms with Gasteiger partial charge >= 0.3 is 6.03 Å². The van der Waals surface area contributed by atoms with Crippen molar-refractivity contribution < 1.29 is 14.0 Å². The number of benzene rings is 2. The first kappa shape index (κ1) is 20.0. The monoisotopic (exact) mass is 426 g/mol. The molecule has 3 heterocycles. The second-order valence-electron chi connectivity index (χ2n) is 7.57. The number of nitrogens with zero attached hydrogens (tertiary/aromatic N) is 2. The molecule has 0 aliphatic carbocycles. The first-order valence-corrected chi connectivity index (χ1v) is 10.5. The largest absolute Gasteiger partial charge is 0.467 e. The molecule has 2 aromatic carbocycles. The molecule has 0 unspecified atom stereocenters. The number of anilines is 1. The van der Waals surface area contributed by atoms with E-state index in [0.717, 1.165) is 35.1 Å².